The maximum Gasteiger partial charge on any atom is 0.315 e. The SMILES string of the molecule is C=C(C)c1cccc(C(C)(C)NC(=O)NCCOC)c1. The zero-order valence-electron chi connectivity index (χ0n) is 12.7. The van der Waals surface area contributed by atoms with Gasteiger partial charge in [-0.05, 0) is 38.0 Å². The van der Waals surface area contributed by atoms with Crippen LogP contribution in [0.4, 0.5) is 4.79 Å². The van der Waals surface area contributed by atoms with E-state index in [1.165, 1.54) is 0 Å². The molecule has 1 aromatic rings. The third kappa shape index (κ3) is 4.70. The minimum absolute atomic E-state index is 0.201. The van der Waals surface area contributed by atoms with Gasteiger partial charge >= 0.3 is 6.03 Å². The van der Waals surface area contributed by atoms with Gasteiger partial charge in [0.15, 0.2) is 0 Å². The maximum absolute atomic E-state index is 11.8. The van der Waals surface area contributed by atoms with Crippen molar-refractivity contribution in [1.82, 2.24) is 10.6 Å². The van der Waals surface area contributed by atoms with Gasteiger partial charge < -0.3 is 15.4 Å². The van der Waals surface area contributed by atoms with E-state index in [9.17, 15) is 4.79 Å². The summed E-state index contributed by atoms with van der Waals surface area (Å²) in [4.78, 5) is 11.8. The van der Waals surface area contributed by atoms with Crippen LogP contribution in [0.3, 0.4) is 0 Å². The van der Waals surface area contributed by atoms with Crippen LogP contribution in [0.1, 0.15) is 31.9 Å². The Bertz CT molecular complexity index is 481. The Hall–Kier alpha value is -1.81. The van der Waals surface area contributed by atoms with Gasteiger partial charge in [0.1, 0.15) is 0 Å². The first-order chi connectivity index (χ1) is 9.36. The summed E-state index contributed by atoms with van der Waals surface area (Å²) >= 11 is 0. The van der Waals surface area contributed by atoms with Crippen LogP contribution in [-0.4, -0.2) is 26.3 Å². The molecule has 0 saturated carbocycles. The predicted molar refractivity (Wildman–Crippen MR) is 82.6 cm³/mol. The molecule has 4 heteroatoms. The van der Waals surface area contributed by atoms with Gasteiger partial charge in [-0.2, -0.15) is 0 Å². The van der Waals surface area contributed by atoms with Crippen LogP contribution >= 0.6 is 0 Å². The van der Waals surface area contributed by atoms with Gasteiger partial charge in [-0.15, -0.1) is 0 Å². The third-order valence-electron chi connectivity index (χ3n) is 3.09. The molecule has 0 unspecified atom stereocenters. The van der Waals surface area contributed by atoms with Gasteiger partial charge in [0.2, 0.25) is 0 Å². The van der Waals surface area contributed by atoms with Crippen LogP contribution in [0.15, 0.2) is 30.8 Å². The van der Waals surface area contributed by atoms with E-state index in [1.807, 2.05) is 39.0 Å². The van der Waals surface area contributed by atoms with Gasteiger partial charge in [-0.3, -0.25) is 0 Å². The topological polar surface area (TPSA) is 50.4 Å². The lowest BCUT2D eigenvalue weighted by molar-refractivity contribution is 0.193. The van der Waals surface area contributed by atoms with Crippen molar-refractivity contribution in [2.24, 2.45) is 0 Å². The van der Waals surface area contributed by atoms with Crippen molar-refractivity contribution < 1.29 is 9.53 Å². The molecule has 0 aliphatic rings. The highest BCUT2D eigenvalue weighted by atomic mass is 16.5. The number of carbonyl (C=O) groups excluding carboxylic acids is 1. The molecule has 4 nitrogen and oxygen atoms in total. The number of allylic oxidation sites excluding steroid dienone is 1. The Labute approximate surface area is 121 Å². The van der Waals surface area contributed by atoms with Gasteiger partial charge in [-0.25, -0.2) is 4.79 Å². The van der Waals surface area contributed by atoms with E-state index >= 15 is 0 Å². The number of nitrogens with one attached hydrogen (secondary N) is 2. The fourth-order valence-corrected chi connectivity index (χ4v) is 1.84. The van der Waals surface area contributed by atoms with Crippen LogP contribution in [0.2, 0.25) is 0 Å². The number of benzene rings is 1. The predicted octanol–water partition coefficient (Wildman–Crippen LogP) is 2.90. The molecule has 1 rings (SSSR count). The molecule has 0 atom stereocenters. The first kappa shape index (κ1) is 16.2. The van der Waals surface area contributed by atoms with Crippen LogP contribution in [0.5, 0.6) is 0 Å². The molecule has 0 saturated heterocycles. The molecule has 0 spiro atoms. The summed E-state index contributed by atoms with van der Waals surface area (Å²) < 4.78 is 4.90. The van der Waals surface area contributed by atoms with Crippen molar-refractivity contribution in [1.29, 1.82) is 0 Å². The third-order valence-corrected chi connectivity index (χ3v) is 3.09. The minimum Gasteiger partial charge on any atom is -0.383 e. The average molecular weight is 276 g/mol. The first-order valence-corrected chi connectivity index (χ1v) is 6.68. The van der Waals surface area contributed by atoms with Gasteiger partial charge in [0.25, 0.3) is 0 Å². The summed E-state index contributed by atoms with van der Waals surface area (Å²) in [5, 5.41) is 5.72. The summed E-state index contributed by atoms with van der Waals surface area (Å²) in [5.41, 5.74) is 2.67. The molecule has 0 heterocycles. The molecule has 110 valence electrons. The maximum atomic E-state index is 11.8. The zero-order valence-corrected chi connectivity index (χ0v) is 12.7. The van der Waals surface area contributed by atoms with Crippen molar-refractivity contribution in [3.63, 3.8) is 0 Å². The van der Waals surface area contributed by atoms with E-state index in [0.717, 1.165) is 16.7 Å². The van der Waals surface area contributed by atoms with Crippen molar-refractivity contribution >= 4 is 11.6 Å². The van der Waals surface area contributed by atoms with Gasteiger partial charge in [-0.1, -0.05) is 30.4 Å². The highest BCUT2D eigenvalue weighted by Gasteiger charge is 2.22. The molecule has 1 aromatic carbocycles. The summed E-state index contributed by atoms with van der Waals surface area (Å²) in [6.45, 7) is 10.8. The number of amides is 2. The van der Waals surface area contributed by atoms with Crippen molar-refractivity contribution in [3.8, 4) is 0 Å². The summed E-state index contributed by atoms with van der Waals surface area (Å²) in [7, 11) is 1.60. The number of urea groups is 1. The monoisotopic (exact) mass is 276 g/mol. The quantitative estimate of drug-likeness (QED) is 0.785. The summed E-state index contributed by atoms with van der Waals surface area (Å²) in [5.74, 6) is 0. The zero-order chi connectivity index (χ0) is 15.2. The first-order valence-electron chi connectivity index (χ1n) is 6.68. The molecule has 2 amide bonds. The molecular weight excluding hydrogens is 252 g/mol. The Balaban J connectivity index is 2.75. The summed E-state index contributed by atoms with van der Waals surface area (Å²) in [6.07, 6.45) is 0. The van der Waals surface area contributed by atoms with E-state index < -0.39 is 5.54 Å². The molecule has 0 aliphatic heterocycles. The second kappa shape index (κ2) is 7.10. The Morgan fingerprint density at radius 2 is 2.10 bits per heavy atom. The number of hydrogen-bond acceptors (Lipinski definition) is 2. The largest absolute Gasteiger partial charge is 0.383 e. The normalized spacial score (nSPS) is 11.0. The lowest BCUT2D eigenvalue weighted by atomic mass is 9.92. The minimum atomic E-state index is -0.456. The molecule has 0 fully saturated rings. The number of rotatable bonds is 6. The molecular formula is C16H24N2O2. The Morgan fingerprint density at radius 1 is 1.40 bits per heavy atom. The number of methoxy groups -OCH3 is 1. The number of ether oxygens (including phenoxy) is 1. The van der Waals surface area contributed by atoms with Crippen molar-refractivity contribution in [3.05, 3.63) is 42.0 Å². The van der Waals surface area contributed by atoms with E-state index in [0.29, 0.717) is 13.2 Å². The van der Waals surface area contributed by atoms with Crippen LogP contribution in [-0.2, 0) is 10.3 Å². The van der Waals surface area contributed by atoms with Crippen LogP contribution in [0.25, 0.3) is 5.57 Å². The molecule has 0 radical (unpaired) electrons. The van der Waals surface area contributed by atoms with E-state index in [-0.39, 0.29) is 6.03 Å². The van der Waals surface area contributed by atoms with Crippen LogP contribution in [0, 0.1) is 0 Å². The number of carbonyl (C=O) groups is 1. The fraction of sp³-hybridized carbons (Fsp3) is 0.438. The van der Waals surface area contributed by atoms with E-state index in [4.69, 9.17) is 4.74 Å². The molecule has 0 bridgehead atoms. The van der Waals surface area contributed by atoms with Crippen LogP contribution < -0.4 is 10.6 Å². The molecule has 0 aromatic heterocycles. The van der Waals surface area contributed by atoms with Gasteiger partial charge in [0.05, 0.1) is 12.1 Å². The van der Waals surface area contributed by atoms with Crippen molar-refractivity contribution in [2.45, 2.75) is 26.3 Å². The lowest BCUT2D eigenvalue weighted by Gasteiger charge is -2.27. The molecule has 0 aliphatic carbocycles. The smallest absolute Gasteiger partial charge is 0.315 e. The summed E-state index contributed by atoms with van der Waals surface area (Å²) in [6, 6.07) is 7.85. The average Bonchev–Trinajstić information content (AvgIpc) is 2.38. The highest BCUT2D eigenvalue weighted by molar-refractivity contribution is 5.75. The molecule has 2 N–H and O–H groups in total. The fourth-order valence-electron chi connectivity index (χ4n) is 1.84. The second-order valence-corrected chi connectivity index (χ2v) is 5.36. The second-order valence-electron chi connectivity index (χ2n) is 5.36. The Kier molecular flexibility index (Phi) is 5.77. The van der Waals surface area contributed by atoms with Crippen molar-refractivity contribution in [2.75, 3.05) is 20.3 Å². The van der Waals surface area contributed by atoms with E-state index in [1.54, 1.807) is 7.11 Å². The standard InChI is InChI=1S/C16H24N2O2/c1-12(2)13-7-6-8-14(11-13)16(3,4)18-15(19)17-9-10-20-5/h6-8,11H,1,9-10H2,2-5H3,(H2,17,18,19). The lowest BCUT2D eigenvalue weighted by Crippen LogP contribution is -2.47. The van der Waals surface area contributed by atoms with E-state index in [2.05, 4.69) is 23.3 Å². The molecule has 20 heavy (non-hydrogen) atoms. The van der Waals surface area contributed by atoms with Gasteiger partial charge in [0, 0.05) is 13.7 Å². The highest BCUT2D eigenvalue weighted by Crippen LogP contribution is 2.23. The Morgan fingerprint density at radius 3 is 2.70 bits per heavy atom. The number of hydrogen-bond donors (Lipinski definition) is 2.